The van der Waals surface area contributed by atoms with Gasteiger partial charge in [0.1, 0.15) is 18.1 Å². The normalized spacial score (nSPS) is 10.3. The summed E-state index contributed by atoms with van der Waals surface area (Å²) in [6.07, 6.45) is 2.98. The summed E-state index contributed by atoms with van der Waals surface area (Å²) in [6, 6.07) is 7.33. The van der Waals surface area contributed by atoms with Gasteiger partial charge in [0.05, 0.1) is 13.2 Å². The summed E-state index contributed by atoms with van der Waals surface area (Å²) in [4.78, 5) is 11.0. The van der Waals surface area contributed by atoms with E-state index in [1.54, 1.807) is 13.0 Å². The second-order valence-corrected chi connectivity index (χ2v) is 3.37. The Morgan fingerprint density at radius 2 is 1.67 bits per heavy atom. The monoisotopic (exact) mass is 250 g/mol. The van der Waals surface area contributed by atoms with Crippen molar-refractivity contribution in [1.82, 2.24) is 0 Å². The summed E-state index contributed by atoms with van der Waals surface area (Å²) < 4.78 is 15.5. The number of ether oxygens (including phenoxy) is 3. The third kappa shape index (κ3) is 5.39. The summed E-state index contributed by atoms with van der Waals surface area (Å²) in [5, 5.41) is 0. The zero-order valence-electron chi connectivity index (χ0n) is 10.7. The molecule has 98 valence electrons. The molecule has 1 aromatic rings. The van der Waals surface area contributed by atoms with E-state index in [1.165, 1.54) is 6.08 Å². The summed E-state index contributed by atoms with van der Waals surface area (Å²) in [5.74, 6) is 1.19. The Balaban J connectivity index is 2.33. The Morgan fingerprint density at radius 3 is 2.22 bits per heavy atom. The Labute approximate surface area is 107 Å². The Kier molecular flexibility index (Phi) is 6.40. The van der Waals surface area contributed by atoms with E-state index in [2.05, 4.69) is 0 Å². The van der Waals surface area contributed by atoms with Gasteiger partial charge in [-0.1, -0.05) is 0 Å². The largest absolute Gasteiger partial charge is 0.494 e. The van der Waals surface area contributed by atoms with Crippen LogP contribution in [0.3, 0.4) is 0 Å². The topological polar surface area (TPSA) is 44.8 Å². The summed E-state index contributed by atoms with van der Waals surface area (Å²) >= 11 is 0. The first-order chi connectivity index (χ1) is 8.76. The molecule has 0 aromatic heterocycles. The van der Waals surface area contributed by atoms with E-state index < -0.39 is 0 Å². The Morgan fingerprint density at radius 1 is 1.06 bits per heavy atom. The molecular weight excluding hydrogens is 232 g/mol. The fraction of sp³-hybridized carbons (Fsp3) is 0.357. The predicted octanol–water partition coefficient (Wildman–Crippen LogP) is 2.58. The van der Waals surface area contributed by atoms with Crippen molar-refractivity contribution in [3.05, 3.63) is 36.4 Å². The zero-order valence-corrected chi connectivity index (χ0v) is 10.7. The van der Waals surface area contributed by atoms with Gasteiger partial charge in [-0.15, -0.1) is 0 Å². The van der Waals surface area contributed by atoms with Crippen LogP contribution in [0.4, 0.5) is 0 Å². The van der Waals surface area contributed by atoms with Crippen LogP contribution in [0.1, 0.15) is 13.8 Å². The van der Waals surface area contributed by atoms with Crippen LogP contribution in [0.15, 0.2) is 36.4 Å². The standard InChI is InChI=1S/C14H18O4/c1-3-16-12-7-9-13(10-8-12)18-11-5-6-14(15)17-4-2/h5-10H,3-4,11H2,1-2H3/b6-5+. The lowest BCUT2D eigenvalue weighted by Crippen LogP contribution is -2.01. The van der Waals surface area contributed by atoms with Gasteiger partial charge in [-0.2, -0.15) is 0 Å². The highest BCUT2D eigenvalue weighted by Gasteiger charge is 1.95. The molecule has 0 atom stereocenters. The molecule has 0 fully saturated rings. The maximum absolute atomic E-state index is 11.0. The number of carbonyl (C=O) groups is 1. The molecule has 0 aliphatic carbocycles. The molecule has 4 nitrogen and oxygen atoms in total. The van der Waals surface area contributed by atoms with Crippen molar-refractivity contribution in [2.45, 2.75) is 13.8 Å². The van der Waals surface area contributed by atoms with E-state index >= 15 is 0 Å². The number of esters is 1. The van der Waals surface area contributed by atoms with Crippen molar-refractivity contribution < 1.29 is 19.0 Å². The van der Waals surface area contributed by atoms with E-state index in [9.17, 15) is 4.79 Å². The highest BCUT2D eigenvalue weighted by Crippen LogP contribution is 2.17. The van der Waals surface area contributed by atoms with Gasteiger partial charge in [0, 0.05) is 6.08 Å². The number of carbonyl (C=O) groups excluding carboxylic acids is 1. The molecule has 0 amide bonds. The highest BCUT2D eigenvalue weighted by atomic mass is 16.5. The van der Waals surface area contributed by atoms with Crippen LogP contribution >= 0.6 is 0 Å². The molecule has 1 rings (SSSR count). The summed E-state index contributed by atoms with van der Waals surface area (Å²) in [5.41, 5.74) is 0. The molecule has 4 heteroatoms. The van der Waals surface area contributed by atoms with E-state index in [1.807, 2.05) is 31.2 Å². The van der Waals surface area contributed by atoms with E-state index in [0.717, 1.165) is 11.5 Å². The van der Waals surface area contributed by atoms with E-state index in [-0.39, 0.29) is 5.97 Å². The first-order valence-electron chi connectivity index (χ1n) is 5.95. The van der Waals surface area contributed by atoms with Crippen molar-refractivity contribution in [3.8, 4) is 11.5 Å². The van der Waals surface area contributed by atoms with Gasteiger partial charge in [-0.05, 0) is 44.2 Å². The maximum Gasteiger partial charge on any atom is 0.330 e. The van der Waals surface area contributed by atoms with Crippen LogP contribution in [0.2, 0.25) is 0 Å². The lowest BCUT2D eigenvalue weighted by atomic mass is 10.3. The second kappa shape index (κ2) is 8.17. The molecule has 0 N–H and O–H groups in total. The zero-order chi connectivity index (χ0) is 13.2. The SMILES string of the molecule is CCOC(=O)/C=C/COc1ccc(OCC)cc1. The summed E-state index contributed by atoms with van der Waals surface area (Å²) in [6.45, 7) is 5.05. The third-order valence-corrected chi connectivity index (χ3v) is 2.02. The van der Waals surface area contributed by atoms with Gasteiger partial charge in [-0.25, -0.2) is 4.79 Å². The van der Waals surface area contributed by atoms with Gasteiger partial charge >= 0.3 is 5.97 Å². The second-order valence-electron chi connectivity index (χ2n) is 3.37. The Bertz CT molecular complexity index is 381. The average molecular weight is 250 g/mol. The van der Waals surface area contributed by atoms with Crippen LogP contribution in [0, 0.1) is 0 Å². The quantitative estimate of drug-likeness (QED) is 0.551. The van der Waals surface area contributed by atoms with Crippen LogP contribution < -0.4 is 9.47 Å². The van der Waals surface area contributed by atoms with Crippen molar-refractivity contribution in [2.75, 3.05) is 19.8 Å². The minimum atomic E-state index is -0.354. The van der Waals surface area contributed by atoms with E-state index in [4.69, 9.17) is 14.2 Å². The third-order valence-electron chi connectivity index (χ3n) is 2.02. The van der Waals surface area contributed by atoms with Crippen LogP contribution in [0.25, 0.3) is 0 Å². The number of benzene rings is 1. The average Bonchev–Trinajstić information content (AvgIpc) is 2.37. The fourth-order valence-electron chi connectivity index (χ4n) is 1.28. The van der Waals surface area contributed by atoms with Gasteiger partial charge < -0.3 is 14.2 Å². The van der Waals surface area contributed by atoms with Crippen molar-refractivity contribution in [3.63, 3.8) is 0 Å². The molecule has 18 heavy (non-hydrogen) atoms. The van der Waals surface area contributed by atoms with Crippen molar-refractivity contribution in [2.24, 2.45) is 0 Å². The highest BCUT2D eigenvalue weighted by molar-refractivity contribution is 5.81. The lowest BCUT2D eigenvalue weighted by molar-refractivity contribution is -0.137. The maximum atomic E-state index is 11.0. The summed E-state index contributed by atoms with van der Waals surface area (Å²) in [7, 11) is 0. The molecule has 0 heterocycles. The molecular formula is C14H18O4. The van der Waals surface area contributed by atoms with Crippen LogP contribution in [-0.2, 0) is 9.53 Å². The number of hydrogen-bond acceptors (Lipinski definition) is 4. The molecule has 0 radical (unpaired) electrons. The van der Waals surface area contributed by atoms with Gasteiger partial charge in [0.25, 0.3) is 0 Å². The Hall–Kier alpha value is -1.97. The molecule has 0 aliphatic heterocycles. The lowest BCUT2D eigenvalue weighted by Gasteiger charge is -2.05. The molecule has 0 unspecified atom stereocenters. The first-order valence-corrected chi connectivity index (χ1v) is 5.95. The minimum absolute atomic E-state index is 0.326. The van der Waals surface area contributed by atoms with Gasteiger partial charge in [-0.3, -0.25) is 0 Å². The van der Waals surface area contributed by atoms with E-state index in [0.29, 0.717) is 19.8 Å². The first kappa shape index (κ1) is 14.1. The van der Waals surface area contributed by atoms with Gasteiger partial charge in [0.2, 0.25) is 0 Å². The van der Waals surface area contributed by atoms with Crippen LogP contribution in [-0.4, -0.2) is 25.8 Å². The van der Waals surface area contributed by atoms with Crippen LogP contribution in [0.5, 0.6) is 11.5 Å². The molecule has 0 bridgehead atoms. The molecule has 1 aromatic carbocycles. The van der Waals surface area contributed by atoms with Crippen molar-refractivity contribution >= 4 is 5.97 Å². The molecule has 0 spiro atoms. The van der Waals surface area contributed by atoms with Crippen molar-refractivity contribution in [1.29, 1.82) is 0 Å². The van der Waals surface area contributed by atoms with Gasteiger partial charge in [0.15, 0.2) is 0 Å². The molecule has 0 saturated carbocycles. The minimum Gasteiger partial charge on any atom is -0.494 e. The predicted molar refractivity (Wildman–Crippen MR) is 68.9 cm³/mol. The number of rotatable bonds is 7. The molecule has 0 saturated heterocycles. The smallest absolute Gasteiger partial charge is 0.330 e. The number of hydrogen-bond donors (Lipinski definition) is 0. The fourth-order valence-corrected chi connectivity index (χ4v) is 1.28. The molecule has 0 aliphatic rings.